The molecule has 1 aromatic rings. The summed E-state index contributed by atoms with van der Waals surface area (Å²) >= 11 is 0. The SMILES string of the molecule is CC1(C)C2CNCC2CN1Cc1ccoc1. The highest BCUT2D eigenvalue weighted by Crippen LogP contribution is 2.41. The third kappa shape index (κ3) is 1.50. The molecule has 3 rings (SSSR count). The lowest BCUT2D eigenvalue weighted by Gasteiger charge is -2.35. The van der Waals surface area contributed by atoms with Crippen molar-refractivity contribution in [1.82, 2.24) is 10.2 Å². The number of rotatable bonds is 2. The van der Waals surface area contributed by atoms with Crippen LogP contribution >= 0.6 is 0 Å². The maximum absolute atomic E-state index is 5.15. The molecule has 2 unspecified atom stereocenters. The van der Waals surface area contributed by atoms with Crippen molar-refractivity contribution >= 4 is 0 Å². The largest absolute Gasteiger partial charge is 0.472 e. The Labute approximate surface area is 96.8 Å². The van der Waals surface area contributed by atoms with Crippen molar-refractivity contribution in [2.24, 2.45) is 11.8 Å². The lowest BCUT2D eigenvalue weighted by Crippen LogP contribution is -2.43. The minimum absolute atomic E-state index is 0.311. The van der Waals surface area contributed by atoms with Gasteiger partial charge < -0.3 is 9.73 Å². The molecule has 0 radical (unpaired) electrons. The first-order chi connectivity index (χ1) is 7.68. The minimum atomic E-state index is 0.311. The van der Waals surface area contributed by atoms with Gasteiger partial charge in [0.2, 0.25) is 0 Å². The second kappa shape index (κ2) is 3.60. The number of likely N-dealkylation sites (tertiary alicyclic amines) is 1. The van der Waals surface area contributed by atoms with Gasteiger partial charge in [0.15, 0.2) is 0 Å². The minimum Gasteiger partial charge on any atom is -0.472 e. The van der Waals surface area contributed by atoms with Gasteiger partial charge in [-0.1, -0.05) is 0 Å². The number of fused-ring (bicyclic) bond motifs is 1. The standard InChI is InChI=1S/C13H20N2O/c1-13(2)12-6-14-5-11(12)8-15(13)7-10-3-4-16-9-10/h3-4,9,11-12,14H,5-8H2,1-2H3. The summed E-state index contributed by atoms with van der Waals surface area (Å²) in [5.74, 6) is 1.64. The summed E-state index contributed by atoms with van der Waals surface area (Å²) in [5, 5.41) is 3.51. The van der Waals surface area contributed by atoms with Crippen molar-refractivity contribution in [2.45, 2.75) is 25.9 Å². The van der Waals surface area contributed by atoms with E-state index >= 15 is 0 Å². The number of nitrogens with zero attached hydrogens (tertiary/aromatic N) is 1. The third-order valence-electron chi connectivity index (χ3n) is 4.47. The molecule has 1 aromatic heterocycles. The number of nitrogens with one attached hydrogen (secondary N) is 1. The van der Waals surface area contributed by atoms with Crippen LogP contribution in [-0.4, -0.2) is 30.1 Å². The van der Waals surface area contributed by atoms with E-state index in [1.54, 1.807) is 6.26 Å². The zero-order valence-electron chi connectivity index (χ0n) is 10.1. The topological polar surface area (TPSA) is 28.4 Å². The van der Waals surface area contributed by atoms with Gasteiger partial charge >= 0.3 is 0 Å². The molecule has 3 nitrogen and oxygen atoms in total. The molecular formula is C13H20N2O. The smallest absolute Gasteiger partial charge is 0.0947 e. The van der Waals surface area contributed by atoms with Gasteiger partial charge in [0.05, 0.1) is 12.5 Å². The first-order valence-corrected chi connectivity index (χ1v) is 6.15. The van der Waals surface area contributed by atoms with Crippen LogP contribution in [0.1, 0.15) is 19.4 Å². The fraction of sp³-hybridized carbons (Fsp3) is 0.692. The fourth-order valence-electron chi connectivity index (χ4n) is 3.38. The normalized spacial score (nSPS) is 33.1. The van der Waals surface area contributed by atoms with Crippen molar-refractivity contribution in [3.05, 3.63) is 24.2 Å². The molecule has 2 aliphatic heterocycles. The number of hydrogen-bond acceptors (Lipinski definition) is 3. The molecule has 0 aromatic carbocycles. The summed E-state index contributed by atoms with van der Waals surface area (Å²) in [6.45, 7) is 9.37. The molecule has 2 atom stereocenters. The van der Waals surface area contributed by atoms with Gasteiger partial charge in [0, 0.05) is 30.7 Å². The van der Waals surface area contributed by atoms with E-state index in [1.807, 2.05) is 6.26 Å². The van der Waals surface area contributed by atoms with Crippen LogP contribution in [0.15, 0.2) is 23.0 Å². The molecule has 0 spiro atoms. The highest BCUT2D eigenvalue weighted by molar-refractivity contribution is 5.10. The van der Waals surface area contributed by atoms with Crippen LogP contribution < -0.4 is 5.32 Å². The maximum Gasteiger partial charge on any atom is 0.0947 e. The Morgan fingerprint density at radius 2 is 2.38 bits per heavy atom. The molecule has 16 heavy (non-hydrogen) atoms. The first kappa shape index (κ1) is 10.4. The molecule has 2 saturated heterocycles. The molecule has 0 bridgehead atoms. The van der Waals surface area contributed by atoms with Crippen LogP contribution in [0, 0.1) is 11.8 Å². The molecule has 2 fully saturated rings. The Bertz CT molecular complexity index is 358. The van der Waals surface area contributed by atoms with Gasteiger partial charge in [-0.2, -0.15) is 0 Å². The van der Waals surface area contributed by atoms with Gasteiger partial charge in [-0.15, -0.1) is 0 Å². The van der Waals surface area contributed by atoms with E-state index in [-0.39, 0.29) is 0 Å². The van der Waals surface area contributed by atoms with E-state index in [1.165, 1.54) is 25.2 Å². The monoisotopic (exact) mass is 220 g/mol. The zero-order valence-corrected chi connectivity index (χ0v) is 10.1. The quantitative estimate of drug-likeness (QED) is 0.822. The Morgan fingerprint density at radius 3 is 3.06 bits per heavy atom. The van der Waals surface area contributed by atoms with Crippen molar-refractivity contribution < 1.29 is 4.42 Å². The van der Waals surface area contributed by atoms with Crippen LogP contribution in [0.25, 0.3) is 0 Å². The molecule has 2 aliphatic rings. The fourth-order valence-corrected chi connectivity index (χ4v) is 3.38. The van der Waals surface area contributed by atoms with E-state index in [0.717, 1.165) is 18.4 Å². The third-order valence-corrected chi connectivity index (χ3v) is 4.47. The summed E-state index contributed by atoms with van der Waals surface area (Å²) in [6, 6.07) is 2.07. The zero-order chi connectivity index (χ0) is 11.2. The maximum atomic E-state index is 5.15. The summed E-state index contributed by atoms with van der Waals surface area (Å²) in [6.07, 6.45) is 3.63. The second-order valence-corrected chi connectivity index (χ2v) is 5.69. The Balaban J connectivity index is 1.77. The van der Waals surface area contributed by atoms with E-state index < -0.39 is 0 Å². The molecular weight excluding hydrogens is 200 g/mol. The van der Waals surface area contributed by atoms with E-state index in [0.29, 0.717) is 5.54 Å². The summed E-state index contributed by atoms with van der Waals surface area (Å²) in [7, 11) is 0. The van der Waals surface area contributed by atoms with Crippen LogP contribution in [0.5, 0.6) is 0 Å². The van der Waals surface area contributed by atoms with Crippen LogP contribution in [-0.2, 0) is 6.54 Å². The molecule has 0 saturated carbocycles. The van der Waals surface area contributed by atoms with Crippen molar-refractivity contribution in [1.29, 1.82) is 0 Å². The molecule has 3 heteroatoms. The molecule has 0 aliphatic carbocycles. The van der Waals surface area contributed by atoms with Gasteiger partial charge in [-0.3, -0.25) is 4.90 Å². The molecule has 88 valence electrons. The summed E-state index contributed by atoms with van der Waals surface area (Å²) < 4.78 is 5.15. The van der Waals surface area contributed by atoms with Crippen LogP contribution in [0.2, 0.25) is 0 Å². The molecule has 3 heterocycles. The average Bonchev–Trinajstić information content (AvgIpc) is 2.89. The number of hydrogen-bond donors (Lipinski definition) is 1. The van der Waals surface area contributed by atoms with Gasteiger partial charge in [-0.05, 0) is 38.3 Å². The van der Waals surface area contributed by atoms with Gasteiger partial charge in [0.25, 0.3) is 0 Å². The Hall–Kier alpha value is -0.800. The Morgan fingerprint density at radius 1 is 1.50 bits per heavy atom. The van der Waals surface area contributed by atoms with Crippen molar-refractivity contribution in [2.75, 3.05) is 19.6 Å². The molecule has 0 amide bonds. The first-order valence-electron chi connectivity index (χ1n) is 6.15. The number of furan rings is 1. The van der Waals surface area contributed by atoms with Crippen molar-refractivity contribution in [3.63, 3.8) is 0 Å². The predicted octanol–water partition coefficient (Wildman–Crippen LogP) is 1.71. The molecule has 1 N–H and O–H groups in total. The van der Waals surface area contributed by atoms with Crippen LogP contribution in [0.3, 0.4) is 0 Å². The van der Waals surface area contributed by atoms with Crippen LogP contribution in [0.4, 0.5) is 0 Å². The Kier molecular flexibility index (Phi) is 2.33. The van der Waals surface area contributed by atoms with Gasteiger partial charge in [0.1, 0.15) is 0 Å². The van der Waals surface area contributed by atoms with E-state index in [4.69, 9.17) is 4.42 Å². The highest BCUT2D eigenvalue weighted by Gasteiger charge is 2.49. The van der Waals surface area contributed by atoms with E-state index in [2.05, 4.69) is 30.1 Å². The highest BCUT2D eigenvalue weighted by atomic mass is 16.3. The van der Waals surface area contributed by atoms with Gasteiger partial charge in [-0.25, -0.2) is 0 Å². The van der Waals surface area contributed by atoms with Crippen molar-refractivity contribution in [3.8, 4) is 0 Å². The predicted molar refractivity (Wildman–Crippen MR) is 63.0 cm³/mol. The lowest BCUT2D eigenvalue weighted by atomic mass is 9.85. The summed E-state index contributed by atoms with van der Waals surface area (Å²) in [4.78, 5) is 2.61. The average molecular weight is 220 g/mol. The van der Waals surface area contributed by atoms with E-state index in [9.17, 15) is 0 Å². The second-order valence-electron chi connectivity index (χ2n) is 5.69. The summed E-state index contributed by atoms with van der Waals surface area (Å²) in [5.41, 5.74) is 1.60. The lowest BCUT2D eigenvalue weighted by molar-refractivity contribution is 0.132.